The van der Waals surface area contributed by atoms with Gasteiger partial charge in [0, 0.05) is 47.1 Å². The number of carbonyl (C=O) groups is 4. The smallest absolute Gasteiger partial charge is 0.336 e. The quantitative estimate of drug-likeness (QED) is 0.165. The van der Waals surface area contributed by atoms with Gasteiger partial charge in [-0.2, -0.15) is 0 Å². The van der Waals surface area contributed by atoms with Crippen LogP contribution in [0.15, 0.2) is 51.7 Å². The summed E-state index contributed by atoms with van der Waals surface area (Å²) >= 11 is 0. The lowest BCUT2D eigenvalue weighted by molar-refractivity contribution is -0.138. The van der Waals surface area contributed by atoms with Crippen LogP contribution in [0.5, 0.6) is 5.75 Å². The highest BCUT2D eigenvalue weighted by Gasteiger charge is 2.25. The Morgan fingerprint density at radius 2 is 1.38 bits per heavy atom. The number of benzene rings is 3. The highest BCUT2D eigenvalue weighted by atomic mass is 16.4. The van der Waals surface area contributed by atoms with Gasteiger partial charge in [-0.05, 0) is 67.1 Å². The monoisotopic (exact) mass is 548 g/mol. The molecule has 0 bridgehead atoms. The summed E-state index contributed by atoms with van der Waals surface area (Å²) < 4.78 is 5.93. The largest absolute Gasteiger partial charge is 0.508 e. The van der Waals surface area contributed by atoms with Crippen LogP contribution in [0.4, 0.5) is 0 Å². The normalized spacial score (nSPS) is 11.1. The third kappa shape index (κ3) is 5.78. The average molecular weight is 549 g/mol. The van der Waals surface area contributed by atoms with Gasteiger partial charge in [-0.3, -0.25) is 14.4 Å². The van der Waals surface area contributed by atoms with E-state index in [0.717, 1.165) is 12.1 Å². The molecule has 2 aromatic carbocycles. The Labute approximate surface area is 225 Å². The maximum atomic E-state index is 12.8. The number of hydrogen-bond acceptors (Lipinski definition) is 7. The molecule has 1 heterocycles. The van der Waals surface area contributed by atoms with Crippen molar-refractivity contribution < 1.29 is 49.1 Å². The number of aromatic carboxylic acids is 2. The zero-order valence-corrected chi connectivity index (χ0v) is 21.0. The molecule has 0 atom stereocenters. The van der Waals surface area contributed by atoms with Crippen molar-refractivity contribution >= 4 is 34.8 Å². The van der Waals surface area contributed by atoms with Crippen molar-refractivity contribution in [2.24, 2.45) is 0 Å². The zero-order chi connectivity index (χ0) is 29.1. The van der Waals surface area contributed by atoms with Crippen LogP contribution in [0, 0.1) is 0 Å². The summed E-state index contributed by atoms with van der Waals surface area (Å²) in [5.41, 5.74) is 0.393. The fourth-order valence-electron chi connectivity index (χ4n) is 4.66. The van der Waals surface area contributed by atoms with Crippen LogP contribution in [-0.2, 0) is 22.4 Å². The first-order valence-electron chi connectivity index (χ1n) is 12.3. The van der Waals surface area contributed by atoms with Gasteiger partial charge in [-0.15, -0.1) is 0 Å². The van der Waals surface area contributed by atoms with Crippen molar-refractivity contribution in [3.63, 3.8) is 0 Å². The molecule has 0 aromatic heterocycles. The van der Waals surface area contributed by atoms with Gasteiger partial charge in [0.2, 0.25) is 0 Å². The summed E-state index contributed by atoms with van der Waals surface area (Å²) in [4.78, 5) is 58.8. The number of fused-ring (bicyclic) bond motifs is 2. The average Bonchev–Trinajstić information content (AvgIpc) is 2.87. The van der Waals surface area contributed by atoms with Crippen molar-refractivity contribution in [2.75, 3.05) is 0 Å². The Morgan fingerprint density at radius 1 is 0.725 bits per heavy atom. The lowest BCUT2D eigenvalue weighted by Gasteiger charge is -2.19. The molecule has 0 saturated carbocycles. The summed E-state index contributed by atoms with van der Waals surface area (Å²) in [5.74, 6) is -4.82. The molecule has 11 heteroatoms. The number of carboxylic acid groups (broad SMARTS) is 4. The fraction of sp³-hybridized carbons (Fsp3) is 0.207. The van der Waals surface area contributed by atoms with Crippen LogP contribution in [0.25, 0.3) is 33.4 Å². The Hall–Kier alpha value is -5.19. The van der Waals surface area contributed by atoms with E-state index < -0.39 is 29.3 Å². The molecular formula is C29H24O11. The molecule has 4 rings (SSSR count). The highest BCUT2D eigenvalue weighted by molar-refractivity contribution is 6.09. The van der Waals surface area contributed by atoms with E-state index in [4.69, 9.17) is 14.6 Å². The Morgan fingerprint density at radius 3 is 1.98 bits per heavy atom. The number of carboxylic acids is 4. The number of rotatable bonds is 11. The zero-order valence-electron chi connectivity index (χ0n) is 21.0. The van der Waals surface area contributed by atoms with E-state index in [0.29, 0.717) is 10.9 Å². The van der Waals surface area contributed by atoms with Gasteiger partial charge < -0.3 is 29.9 Å². The number of phenols is 1. The predicted octanol–water partition coefficient (Wildman–Crippen LogP) is 4.48. The highest BCUT2D eigenvalue weighted by Crippen LogP contribution is 2.43. The van der Waals surface area contributed by atoms with Crippen molar-refractivity contribution in [1.29, 1.82) is 0 Å². The van der Waals surface area contributed by atoms with E-state index in [1.165, 1.54) is 30.3 Å². The molecule has 0 saturated heterocycles. The number of aryl methyl sites for hydroxylation is 2. The van der Waals surface area contributed by atoms with E-state index in [1.54, 1.807) is 0 Å². The summed E-state index contributed by atoms with van der Waals surface area (Å²) in [6.45, 7) is 0. The van der Waals surface area contributed by atoms with E-state index in [2.05, 4.69) is 0 Å². The Balaban J connectivity index is 2.07. The fourth-order valence-corrected chi connectivity index (χ4v) is 4.66. The van der Waals surface area contributed by atoms with E-state index >= 15 is 0 Å². The van der Waals surface area contributed by atoms with Gasteiger partial charge in [-0.25, -0.2) is 9.59 Å². The van der Waals surface area contributed by atoms with E-state index in [1.807, 2.05) is 0 Å². The van der Waals surface area contributed by atoms with Crippen molar-refractivity contribution in [1.82, 2.24) is 0 Å². The molecular weight excluding hydrogens is 524 g/mol. The molecule has 0 radical (unpaired) electrons. The minimum atomic E-state index is -1.34. The second-order valence-electron chi connectivity index (χ2n) is 9.28. The number of hydrogen-bond donors (Lipinski definition) is 5. The maximum Gasteiger partial charge on any atom is 0.336 e. The minimum Gasteiger partial charge on any atom is -0.508 e. The lowest BCUT2D eigenvalue weighted by atomic mass is 9.87. The second-order valence-corrected chi connectivity index (χ2v) is 9.28. The first-order valence-corrected chi connectivity index (χ1v) is 12.3. The molecule has 0 spiro atoms. The van der Waals surface area contributed by atoms with Crippen LogP contribution in [0.3, 0.4) is 0 Å². The van der Waals surface area contributed by atoms with Crippen LogP contribution in [-0.4, -0.2) is 49.4 Å². The van der Waals surface area contributed by atoms with Gasteiger partial charge in [0.15, 0.2) is 5.43 Å². The SMILES string of the molecule is O=C(O)CCCc1cc2c(-c3cc(C(=O)O)ccc3C(=O)O)c3cc(CCCC(=O)O)c(=O)cc-3oc2cc1O. The van der Waals surface area contributed by atoms with E-state index in [9.17, 15) is 39.3 Å². The van der Waals surface area contributed by atoms with E-state index in [-0.39, 0.29) is 89.0 Å². The predicted molar refractivity (Wildman–Crippen MR) is 141 cm³/mol. The molecule has 0 fully saturated rings. The standard InChI is InChI=1S/C29H24O11/c30-21-12-23-19(9-14(21)3-1-5-25(32)33)27(18-11-16(28(36)37)7-8-17(18)29(38)39)20-10-15(4-2-6-26(34)35)22(31)13-24(20)40-23/h7-13,30H,1-6H2,(H,32,33)(H,34,35)(H,36,37)(H,38,39). The molecule has 0 amide bonds. The van der Waals surface area contributed by atoms with Crippen LogP contribution < -0.4 is 5.43 Å². The second kappa shape index (κ2) is 11.3. The van der Waals surface area contributed by atoms with Crippen LogP contribution in [0.1, 0.15) is 57.5 Å². The lowest BCUT2D eigenvalue weighted by Crippen LogP contribution is -2.11. The summed E-state index contributed by atoms with van der Waals surface area (Å²) in [7, 11) is 0. The number of aliphatic carboxylic acids is 2. The topological polar surface area (TPSA) is 200 Å². The van der Waals surface area contributed by atoms with Crippen molar-refractivity contribution in [3.8, 4) is 28.2 Å². The molecule has 2 aromatic rings. The van der Waals surface area contributed by atoms with Gasteiger partial charge in [0.1, 0.15) is 17.1 Å². The van der Waals surface area contributed by atoms with Gasteiger partial charge >= 0.3 is 23.9 Å². The molecule has 1 aliphatic carbocycles. The maximum absolute atomic E-state index is 12.8. The number of aromatic hydroxyl groups is 1. The Bertz CT molecular complexity index is 1700. The summed E-state index contributed by atoms with van der Waals surface area (Å²) in [6, 6.07) is 8.99. The van der Waals surface area contributed by atoms with Crippen LogP contribution >= 0.6 is 0 Å². The summed E-state index contributed by atoms with van der Waals surface area (Å²) in [6.07, 6.45) is 0.350. The Kier molecular flexibility index (Phi) is 7.85. The molecule has 40 heavy (non-hydrogen) atoms. The number of phenolic OH excluding ortho intramolecular Hbond substituents is 1. The van der Waals surface area contributed by atoms with Crippen molar-refractivity contribution in [3.05, 3.63) is 74.9 Å². The van der Waals surface area contributed by atoms with Gasteiger partial charge in [0.25, 0.3) is 0 Å². The minimum absolute atomic E-state index is 0.0236. The van der Waals surface area contributed by atoms with Gasteiger partial charge in [0.05, 0.1) is 11.1 Å². The van der Waals surface area contributed by atoms with Gasteiger partial charge in [-0.1, -0.05) is 0 Å². The summed E-state index contributed by atoms with van der Waals surface area (Å²) in [5, 5.41) is 48.5. The molecule has 0 unspecified atom stereocenters. The molecule has 11 nitrogen and oxygen atoms in total. The molecule has 1 aliphatic heterocycles. The third-order valence-corrected chi connectivity index (χ3v) is 6.54. The first-order chi connectivity index (χ1) is 19.0. The molecule has 2 aliphatic rings. The molecule has 5 N–H and O–H groups in total. The van der Waals surface area contributed by atoms with Crippen LogP contribution in [0.2, 0.25) is 0 Å². The third-order valence-electron chi connectivity index (χ3n) is 6.54. The molecule has 206 valence electrons. The first kappa shape index (κ1) is 27.8. The van der Waals surface area contributed by atoms with Crippen molar-refractivity contribution in [2.45, 2.75) is 38.5 Å².